The average Bonchev–Trinajstić information content (AvgIpc) is 2.82. The topological polar surface area (TPSA) is 44.1 Å². The van der Waals surface area contributed by atoms with E-state index in [9.17, 15) is 4.79 Å². The number of aromatic nitrogens is 2. The third-order valence-electron chi connectivity index (χ3n) is 2.66. The van der Waals surface area contributed by atoms with Crippen LogP contribution in [0.1, 0.15) is 0 Å². The van der Waals surface area contributed by atoms with Gasteiger partial charge in [0.1, 0.15) is 6.54 Å². The fourth-order valence-electron chi connectivity index (χ4n) is 1.72. The molecule has 2 aromatic rings. The Hall–Kier alpha value is -1.27. The number of ether oxygens (including phenoxy) is 1. The maximum absolute atomic E-state index is 11.5. The van der Waals surface area contributed by atoms with Gasteiger partial charge in [-0.25, -0.2) is 4.98 Å². The molecule has 19 heavy (non-hydrogen) atoms. The molecule has 0 unspecified atom stereocenters. The highest BCUT2D eigenvalue weighted by Gasteiger charge is 2.14. The first-order chi connectivity index (χ1) is 9.15. The summed E-state index contributed by atoms with van der Waals surface area (Å²) in [4.78, 5) is 15.8. The first kappa shape index (κ1) is 14.1. The van der Waals surface area contributed by atoms with Crippen molar-refractivity contribution in [2.45, 2.75) is 11.7 Å². The van der Waals surface area contributed by atoms with Crippen LogP contribution in [0.5, 0.6) is 0 Å². The van der Waals surface area contributed by atoms with Crippen molar-refractivity contribution < 1.29 is 9.53 Å². The van der Waals surface area contributed by atoms with Crippen molar-refractivity contribution in [2.75, 3.05) is 13.4 Å². The summed E-state index contributed by atoms with van der Waals surface area (Å²) in [7, 11) is 1.39. The Morgan fingerprint density at radius 3 is 2.68 bits per heavy atom. The Morgan fingerprint density at radius 1 is 1.42 bits per heavy atom. The van der Waals surface area contributed by atoms with Crippen LogP contribution < -0.4 is 0 Å². The van der Waals surface area contributed by atoms with E-state index in [0.29, 0.717) is 0 Å². The standard InChI is InChI=1S/C13H13BrN2O2S/c1-18-12(17)8-16-11(7-15-13(16)19-2)9-3-5-10(14)6-4-9/h3-7H,8H2,1-2H3. The lowest BCUT2D eigenvalue weighted by molar-refractivity contribution is -0.141. The van der Waals surface area contributed by atoms with E-state index in [0.717, 1.165) is 20.9 Å². The van der Waals surface area contributed by atoms with Crippen molar-refractivity contribution in [2.24, 2.45) is 0 Å². The van der Waals surface area contributed by atoms with Crippen LogP contribution in [0.4, 0.5) is 0 Å². The number of carbonyl (C=O) groups excluding carboxylic acids is 1. The zero-order chi connectivity index (χ0) is 13.8. The van der Waals surface area contributed by atoms with Gasteiger partial charge in [0.15, 0.2) is 5.16 Å². The van der Waals surface area contributed by atoms with Gasteiger partial charge in [-0.15, -0.1) is 0 Å². The van der Waals surface area contributed by atoms with Gasteiger partial charge in [-0.05, 0) is 24.0 Å². The van der Waals surface area contributed by atoms with Gasteiger partial charge in [-0.3, -0.25) is 4.79 Å². The van der Waals surface area contributed by atoms with Gasteiger partial charge in [0.25, 0.3) is 0 Å². The van der Waals surface area contributed by atoms with Crippen LogP contribution in [0.3, 0.4) is 0 Å². The van der Waals surface area contributed by atoms with Gasteiger partial charge in [0.05, 0.1) is 19.0 Å². The summed E-state index contributed by atoms with van der Waals surface area (Å²) in [6.07, 6.45) is 3.71. The number of rotatable bonds is 4. The highest BCUT2D eigenvalue weighted by Crippen LogP contribution is 2.26. The number of nitrogens with zero attached hydrogens (tertiary/aromatic N) is 2. The van der Waals surface area contributed by atoms with Crippen molar-refractivity contribution in [3.05, 3.63) is 34.9 Å². The molecule has 0 spiro atoms. The predicted octanol–water partition coefficient (Wildman–Crippen LogP) is 3.21. The lowest BCUT2D eigenvalue weighted by atomic mass is 10.2. The minimum atomic E-state index is -0.285. The fraction of sp³-hybridized carbons (Fsp3) is 0.231. The molecule has 0 bridgehead atoms. The van der Waals surface area contributed by atoms with Crippen molar-refractivity contribution in [1.29, 1.82) is 0 Å². The Balaban J connectivity index is 2.42. The van der Waals surface area contributed by atoms with Crippen LogP contribution in [-0.2, 0) is 16.1 Å². The number of hydrogen-bond donors (Lipinski definition) is 0. The fourth-order valence-corrected chi connectivity index (χ4v) is 2.52. The molecule has 0 atom stereocenters. The Bertz CT molecular complexity index is 581. The number of halogens is 1. The van der Waals surface area contributed by atoms with E-state index < -0.39 is 0 Å². The molecule has 2 rings (SSSR count). The van der Waals surface area contributed by atoms with Gasteiger partial charge < -0.3 is 9.30 Å². The summed E-state index contributed by atoms with van der Waals surface area (Å²) in [5, 5.41) is 0.795. The number of methoxy groups -OCH3 is 1. The van der Waals surface area contributed by atoms with E-state index in [-0.39, 0.29) is 12.5 Å². The summed E-state index contributed by atoms with van der Waals surface area (Å²) in [5.41, 5.74) is 1.92. The van der Waals surface area contributed by atoms with Gasteiger partial charge in [-0.1, -0.05) is 39.8 Å². The second kappa shape index (κ2) is 6.25. The molecule has 0 aliphatic carbocycles. The van der Waals surface area contributed by atoms with Gasteiger partial charge in [0.2, 0.25) is 0 Å². The van der Waals surface area contributed by atoms with E-state index in [4.69, 9.17) is 4.74 Å². The molecule has 0 amide bonds. The molecular weight excluding hydrogens is 328 g/mol. The van der Waals surface area contributed by atoms with Crippen LogP contribution in [0.25, 0.3) is 11.3 Å². The molecule has 1 heterocycles. The largest absolute Gasteiger partial charge is 0.468 e. The summed E-state index contributed by atoms with van der Waals surface area (Å²) in [5.74, 6) is -0.285. The molecule has 0 radical (unpaired) electrons. The number of imidazole rings is 1. The lowest BCUT2D eigenvalue weighted by Crippen LogP contribution is -2.13. The molecule has 0 aliphatic rings. The van der Waals surface area contributed by atoms with E-state index in [1.807, 2.05) is 35.1 Å². The SMILES string of the molecule is COC(=O)Cn1c(-c2ccc(Br)cc2)cnc1SC. The second-order valence-corrected chi connectivity index (χ2v) is 5.49. The molecule has 0 fully saturated rings. The van der Waals surface area contributed by atoms with E-state index >= 15 is 0 Å². The van der Waals surface area contributed by atoms with E-state index in [1.165, 1.54) is 18.9 Å². The van der Waals surface area contributed by atoms with E-state index in [1.54, 1.807) is 6.20 Å². The second-order valence-electron chi connectivity index (χ2n) is 3.80. The molecular formula is C13H13BrN2O2S. The maximum atomic E-state index is 11.5. The normalized spacial score (nSPS) is 10.5. The molecule has 0 aliphatic heterocycles. The first-order valence-corrected chi connectivity index (χ1v) is 7.59. The molecule has 0 N–H and O–H groups in total. The van der Waals surface area contributed by atoms with Gasteiger partial charge in [0, 0.05) is 4.47 Å². The quantitative estimate of drug-likeness (QED) is 0.633. The number of benzene rings is 1. The number of thioether (sulfide) groups is 1. The molecule has 6 heteroatoms. The van der Waals surface area contributed by atoms with Crippen LogP contribution >= 0.6 is 27.7 Å². The summed E-state index contributed by atoms with van der Waals surface area (Å²) in [6.45, 7) is 0.165. The minimum Gasteiger partial charge on any atom is -0.468 e. The smallest absolute Gasteiger partial charge is 0.325 e. The van der Waals surface area contributed by atoms with Crippen molar-refractivity contribution >= 4 is 33.7 Å². The summed E-state index contributed by atoms with van der Waals surface area (Å²) < 4.78 is 7.60. The Labute approximate surface area is 124 Å². The molecule has 1 aromatic heterocycles. The lowest BCUT2D eigenvalue weighted by Gasteiger charge is -2.09. The van der Waals surface area contributed by atoms with Crippen molar-refractivity contribution in [3.63, 3.8) is 0 Å². The first-order valence-electron chi connectivity index (χ1n) is 5.58. The maximum Gasteiger partial charge on any atom is 0.325 e. The highest BCUT2D eigenvalue weighted by atomic mass is 79.9. The van der Waals surface area contributed by atoms with Crippen LogP contribution in [0.15, 0.2) is 40.1 Å². The molecule has 100 valence electrons. The Morgan fingerprint density at radius 2 is 2.11 bits per heavy atom. The minimum absolute atomic E-state index is 0.165. The van der Waals surface area contributed by atoms with Crippen LogP contribution in [0.2, 0.25) is 0 Å². The number of carbonyl (C=O) groups is 1. The number of hydrogen-bond acceptors (Lipinski definition) is 4. The zero-order valence-electron chi connectivity index (χ0n) is 10.6. The molecule has 0 saturated heterocycles. The average molecular weight is 341 g/mol. The van der Waals surface area contributed by atoms with Crippen LogP contribution in [0, 0.1) is 0 Å². The predicted molar refractivity (Wildman–Crippen MR) is 79.2 cm³/mol. The molecule has 0 saturated carbocycles. The highest BCUT2D eigenvalue weighted by molar-refractivity contribution is 9.10. The zero-order valence-corrected chi connectivity index (χ0v) is 13.0. The Kier molecular flexibility index (Phi) is 4.66. The van der Waals surface area contributed by atoms with Crippen LogP contribution in [-0.4, -0.2) is 28.9 Å². The van der Waals surface area contributed by atoms with Gasteiger partial charge in [-0.2, -0.15) is 0 Å². The van der Waals surface area contributed by atoms with Gasteiger partial charge >= 0.3 is 5.97 Å². The van der Waals surface area contributed by atoms with E-state index in [2.05, 4.69) is 20.9 Å². The number of esters is 1. The summed E-state index contributed by atoms with van der Waals surface area (Å²) in [6, 6.07) is 7.89. The van der Waals surface area contributed by atoms with Crippen molar-refractivity contribution in [1.82, 2.24) is 9.55 Å². The monoisotopic (exact) mass is 340 g/mol. The molecule has 4 nitrogen and oxygen atoms in total. The van der Waals surface area contributed by atoms with Crippen molar-refractivity contribution in [3.8, 4) is 11.3 Å². The molecule has 1 aromatic carbocycles. The third-order valence-corrected chi connectivity index (χ3v) is 3.88. The third kappa shape index (κ3) is 3.19. The summed E-state index contributed by atoms with van der Waals surface area (Å²) >= 11 is 4.91.